The summed E-state index contributed by atoms with van der Waals surface area (Å²) in [5.74, 6) is 0. The van der Waals surface area contributed by atoms with E-state index in [0.29, 0.717) is 0 Å². The van der Waals surface area contributed by atoms with E-state index >= 15 is 0 Å². The van der Waals surface area contributed by atoms with Crippen molar-refractivity contribution in [1.29, 1.82) is 0 Å². The van der Waals surface area contributed by atoms with Gasteiger partial charge in [0.15, 0.2) is 0 Å². The normalized spacial score (nSPS) is 21.0. The van der Waals surface area contributed by atoms with Crippen LogP contribution in [0.25, 0.3) is 0 Å². The summed E-state index contributed by atoms with van der Waals surface area (Å²) >= 11 is 0. The molecule has 0 aliphatic rings. The van der Waals surface area contributed by atoms with E-state index in [4.69, 9.17) is 11.5 Å². The lowest BCUT2D eigenvalue weighted by Gasteiger charge is -2.41. The van der Waals surface area contributed by atoms with Crippen LogP contribution in [0.3, 0.4) is 0 Å². The minimum Gasteiger partial charge on any atom is -0.387 e. The second-order valence-electron chi connectivity index (χ2n) is 3.88. The van der Waals surface area contributed by atoms with E-state index in [1.54, 1.807) is 20.8 Å². The summed E-state index contributed by atoms with van der Waals surface area (Å²) in [7, 11) is 0. The Hall–Kier alpha value is -0.120. The smallest absolute Gasteiger partial charge is 0.0942 e. The van der Waals surface area contributed by atoms with Gasteiger partial charge in [0.2, 0.25) is 0 Å². The Balaban J connectivity index is 4.45. The van der Waals surface area contributed by atoms with Crippen molar-refractivity contribution < 1.29 is 5.11 Å². The third kappa shape index (κ3) is 2.15. The molecule has 0 bridgehead atoms. The Kier molecular flexibility index (Phi) is 3.06. The summed E-state index contributed by atoms with van der Waals surface area (Å²) < 4.78 is 0. The van der Waals surface area contributed by atoms with Crippen LogP contribution >= 0.6 is 0 Å². The summed E-state index contributed by atoms with van der Waals surface area (Å²) in [6.07, 6.45) is 0.730. The zero-order valence-electron chi connectivity index (χ0n) is 7.89. The fourth-order valence-electron chi connectivity index (χ4n) is 0.875. The molecule has 5 N–H and O–H groups in total. The van der Waals surface area contributed by atoms with E-state index < -0.39 is 11.1 Å². The average molecular weight is 160 g/mol. The number of rotatable bonds is 3. The highest BCUT2D eigenvalue weighted by atomic mass is 16.3. The fraction of sp³-hybridized carbons (Fsp3) is 1.00. The Morgan fingerprint density at radius 1 is 1.36 bits per heavy atom. The number of hydrogen-bond donors (Lipinski definition) is 3. The van der Waals surface area contributed by atoms with E-state index in [1.165, 1.54) is 0 Å². The molecule has 2 unspecified atom stereocenters. The molecule has 0 aromatic rings. The van der Waals surface area contributed by atoms with Crippen molar-refractivity contribution in [2.75, 3.05) is 0 Å². The zero-order chi connectivity index (χ0) is 9.28. The molecule has 0 aromatic carbocycles. The first-order chi connectivity index (χ1) is 4.73. The first-order valence-corrected chi connectivity index (χ1v) is 4.00. The van der Waals surface area contributed by atoms with Crippen LogP contribution in [-0.2, 0) is 0 Å². The van der Waals surface area contributed by atoms with E-state index in [1.807, 2.05) is 6.92 Å². The van der Waals surface area contributed by atoms with Gasteiger partial charge in [0.25, 0.3) is 0 Å². The van der Waals surface area contributed by atoms with Crippen LogP contribution in [0.15, 0.2) is 0 Å². The van der Waals surface area contributed by atoms with E-state index in [9.17, 15) is 5.11 Å². The standard InChI is InChI=1S/C8H20N2O/c1-5-6(9)8(4,11)7(2,3)10/h6,11H,5,9-10H2,1-4H3. The molecule has 0 amide bonds. The van der Waals surface area contributed by atoms with Gasteiger partial charge in [-0.05, 0) is 27.2 Å². The van der Waals surface area contributed by atoms with Crippen molar-refractivity contribution in [1.82, 2.24) is 0 Å². The minimum atomic E-state index is -0.998. The first-order valence-electron chi connectivity index (χ1n) is 4.00. The number of aliphatic hydroxyl groups is 1. The van der Waals surface area contributed by atoms with E-state index in [0.717, 1.165) is 6.42 Å². The van der Waals surface area contributed by atoms with Gasteiger partial charge in [0, 0.05) is 11.6 Å². The monoisotopic (exact) mass is 160 g/mol. The summed E-state index contributed by atoms with van der Waals surface area (Å²) in [6, 6.07) is -0.262. The third-order valence-electron chi connectivity index (χ3n) is 2.47. The predicted molar refractivity (Wildman–Crippen MR) is 47.2 cm³/mol. The second kappa shape index (κ2) is 3.09. The lowest BCUT2D eigenvalue weighted by Crippen LogP contribution is -2.63. The van der Waals surface area contributed by atoms with Gasteiger partial charge in [-0.15, -0.1) is 0 Å². The zero-order valence-corrected chi connectivity index (χ0v) is 7.89. The third-order valence-corrected chi connectivity index (χ3v) is 2.47. The quantitative estimate of drug-likeness (QED) is 0.552. The highest BCUT2D eigenvalue weighted by Gasteiger charge is 2.40. The maximum Gasteiger partial charge on any atom is 0.0942 e. The maximum atomic E-state index is 9.87. The summed E-state index contributed by atoms with van der Waals surface area (Å²) in [5, 5.41) is 9.87. The fourth-order valence-corrected chi connectivity index (χ4v) is 0.875. The molecule has 0 aromatic heterocycles. The molecular weight excluding hydrogens is 140 g/mol. The van der Waals surface area contributed by atoms with Crippen LogP contribution in [0.1, 0.15) is 34.1 Å². The molecule has 0 saturated heterocycles. The van der Waals surface area contributed by atoms with Gasteiger partial charge in [-0.25, -0.2) is 0 Å². The van der Waals surface area contributed by atoms with Crippen LogP contribution < -0.4 is 11.5 Å². The summed E-state index contributed by atoms with van der Waals surface area (Å²) in [6.45, 7) is 7.18. The molecule has 0 fully saturated rings. The largest absolute Gasteiger partial charge is 0.387 e. The predicted octanol–water partition coefficient (Wildman–Crippen LogP) is 0.212. The van der Waals surface area contributed by atoms with E-state index in [-0.39, 0.29) is 6.04 Å². The van der Waals surface area contributed by atoms with E-state index in [2.05, 4.69) is 0 Å². The lowest BCUT2D eigenvalue weighted by molar-refractivity contribution is -0.0275. The molecule has 68 valence electrons. The molecule has 0 spiro atoms. The van der Waals surface area contributed by atoms with Crippen molar-refractivity contribution in [3.8, 4) is 0 Å². The van der Waals surface area contributed by atoms with Gasteiger partial charge < -0.3 is 16.6 Å². The Bertz CT molecular complexity index is 127. The van der Waals surface area contributed by atoms with Crippen LogP contribution in [0.5, 0.6) is 0 Å². The molecule has 2 atom stereocenters. The van der Waals surface area contributed by atoms with Crippen molar-refractivity contribution in [3.63, 3.8) is 0 Å². The number of nitrogens with two attached hydrogens (primary N) is 2. The van der Waals surface area contributed by atoms with Crippen LogP contribution in [-0.4, -0.2) is 22.3 Å². The summed E-state index contributed by atoms with van der Waals surface area (Å²) in [4.78, 5) is 0. The molecule has 3 heteroatoms. The minimum absolute atomic E-state index is 0.262. The van der Waals surface area contributed by atoms with Crippen molar-refractivity contribution >= 4 is 0 Å². The van der Waals surface area contributed by atoms with Crippen LogP contribution in [0.4, 0.5) is 0 Å². The molecule has 0 rings (SSSR count). The molecule has 11 heavy (non-hydrogen) atoms. The van der Waals surface area contributed by atoms with Gasteiger partial charge in [-0.3, -0.25) is 0 Å². The number of hydrogen-bond acceptors (Lipinski definition) is 3. The van der Waals surface area contributed by atoms with Gasteiger partial charge >= 0.3 is 0 Å². The van der Waals surface area contributed by atoms with Crippen LogP contribution in [0.2, 0.25) is 0 Å². The Morgan fingerprint density at radius 2 is 1.73 bits per heavy atom. The van der Waals surface area contributed by atoms with Gasteiger partial charge in [0.05, 0.1) is 5.60 Å². The first kappa shape index (κ1) is 10.9. The van der Waals surface area contributed by atoms with Crippen molar-refractivity contribution in [2.24, 2.45) is 11.5 Å². The molecule has 0 aliphatic carbocycles. The maximum absolute atomic E-state index is 9.87. The molecule has 3 nitrogen and oxygen atoms in total. The Morgan fingerprint density at radius 3 is 1.82 bits per heavy atom. The average Bonchev–Trinajstić information content (AvgIpc) is 1.83. The highest BCUT2D eigenvalue weighted by Crippen LogP contribution is 2.22. The highest BCUT2D eigenvalue weighted by molar-refractivity contribution is 5.00. The van der Waals surface area contributed by atoms with Gasteiger partial charge in [-0.2, -0.15) is 0 Å². The molecule has 0 aliphatic heterocycles. The SMILES string of the molecule is CCC(N)C(C)(O)C(C)(C)N. The molecule has 0 saturated carbocycles. The Labute approximate surface area is 68.8 Å². The molecular formula is C8H20N2O. The lowest BCUT2D eigenvalue weighted by atomic mass is 9.79. The van der Waals surface area contributed by atoms with Gasteiger partial charge in [0.1, 0.15) is 0 Å². The van der Waals surface area contributed by atoms with Crippen molar-refractivity contribution in [2.45, 2.75) is 51.3 Å². The second-order valence-corrected chi connectivity index (χ2v) is 3.88. The summed E-state index contributed by atoms with van der Waals surface area (Å²) in [5.41, 5.74) is 9.82. The van der Waals surface area contributed by atoms with Crippen molar-refractivity contribution in [3.05, 3.63) is 0 Å². The van der Waals surface area contributed by atoms with Crippen LogP contribution in [0, 0.1) is 0 Å². The topological polar surface area (TPSA) is 72.3 Å². The molecule has 0 radical (unpaired) electrons. The molecule has 0 heterocycles. The van der Waals surface area contributed by atoms with Gasteiger partial charge in [-0.1, -0.05) is 6.92 Å².